The molecule has 0 radical (unpaired) electrons. The monoisotopic (exact) mass is 216 g/mol. The van der Waals surface area contributed by atoms with E-state index in [2.05, 4.69) is 6.92 Å². The summed E-state index contributed by atoms with van der Waals surface area (Å²) in [5, 5.41) is 18.9. The zero-order chi connectivity index (χ0) is 11.7. The minimum absolute atomic E-state index is 0.0595. The second-order valence-corrected chi connectivity index (χ2v) is 5.22. The Hall–Kier alpha value is -0.0800. The molecule has 92 valence electrons. The quantitative estimate of drug-likeness (QED) is 0.581. The topological polar surface area (TPSA) is 40.5 Å². The SMILES string of the molecule is CCCCCCCCC(O)C(C)(C)CO. The molecule has 0 aliphatic heterocycles. The third-order valence-corrected chi connectivity index (χ3v) is 3.14. The van der Waals surface area contributed by atoms with E-state index in [0.29, 0.717) is 0 Å². The van der Waals surface area contributed by atoms with Crippen LogP contribution in [0.25, 0.3) is 0 Å². The molecule has 0 fully saturated rings. The van der Waals surface area contributed by atoms with Gasteiger partial charge >= 0.3 is 0 Å². The summed E-state index contributed by atoms with van der Waals surface area (Å²) in [4.78, 5) is 0. The molecule has 15 heavy (non-hydrogen) atoms. The van der Waals surface area contributed by atoms with Crippen LogP contribution in [0.1, 0.15) is 65.7 Å². The summed E-state index contributed by atoms with van der Waals surface area (Å²) in [6.45, 7) is 6.10. The van der Waals surface area contributed by atoms with Crippen LogP contribution >= 0.6 is 0 Å². The minimum Gasteiger partial charge on any atom is -0.396 e. The van der Waals surface area contributed by atoms with Gasteiger partial charge in [0.15, 0.2) is 0 Å². The van der Waals surface area contributed by atoms with E-state index in [1.165, 1.54) is 32.1 Å². The van der Waals surface area contributed by atoms with Crippen LogP contribution in [0.5, 0.6) is 0 Å². The first-order valence-corrected chi connectivity index (χ1v) is 6.33. The first-order valence-electron chi connectivity index (χ1n) is 6.33. The van der Waals surface area contributed by atoms with Gasteiger partial charge in [0.25, 0.3) is 0 Å². The number of hydrogen-bond donors (Lipinski definition) is 2. The Morgan fingerprint density at radius 2 is 1.53 bits per heavy atom. The standard InChI is InChI=1S/C13H28O2/c1-4-5-6-7-8-9-10-12(15)13(2,3)11-14/h12,14-15H,4-11H2,1-3H3. The van der Waals surface area contributed by atoms with Gasteiger partial charge in [-0.15, -0.1) is 0 Å². The van der Waals surface area contributed by atoms with Crippen molar-refractivity contribution in [1.82, 2.24) is 0 Å². The van der Waals surface area contributed by atoms with Crippen LogP contribution in [-0.4, -0.2) is 22.9 Å². The lowest BCUT2D eigenvalue weighted by Gasteiger charge is -2.28. The molecule has 0 aliphatic carbocycles. The van der Waals surface area contributed by atoms with Gasteiger partial charge in [0.1, 0.15) is 0 Å². The highest BCUT2D eigenvalue weighted by atomic mass is 16.3. The molecule has 0 aromatic carbocycles. The molecule has 0 aliphatic rings. The van der Waals surface area contributed by atoms with Crippen molar-refractivity contribution in [3.05, 3.63) is 0 Å². The molecule has 1 atom stereocenters. The Balaban J connectivity index is 3.43. The highest BCUT2D eigenvalue weighted by molar-refractivity contribution is 4.76. The summed E-state index contributed by atoms with van der Waals surface area (Å²) >= 11 is 0. The van der Waals surface area contributed by atoms with Crippen molar-refractivity contribution in [2.75, 3.05) is 6.61 Å². The smallest absolute Gasteiger partial charge is 0.0613 e. The zero-order valence-electron chi connectivity index (χ0n) is 10.6. The molecule has 0 saturated heterocycles. The minimum atomic E-state index is -0.367. The average Bonchev–Trinajstić information content (AvgIpc) is 2.22. The molecule has 0 rings (SSSR count). The van der Waals surface area contributed by atoms with Gasteiger partial charge in [0.05, 0.1) is 12.7 Å². The van der Waals surface area contributed by atoms with Crippen LogP contribution in [0.15, 0.2) is 0 Å². The van der Waals surface area contributed by atoms with Gasteiger partial charge < -0.3 is 10.2 Å². The van der Waals surface area contributed by atoms with Crippen LogP contribution in [0, 0.1) is 5.41 Å². The number of unbranched alkanes of at least 4 members (excludes halogenated alkanes) is 5. The number of aliphatic hydroxyl groups is 2. The third kappa shape index (κ3) is 6.91. The van der Waals surface area contributed by atoms with E-state index in [9.17, 15) is 5.11 Å². The zero-order valence-corrected chi connectivity index (χ0v) is 10.6. The lowest BCUT2D eigenvalue weighted by atomic mass is 9.84. The molecule has 0 aromatic heterocycles. The molecule has 0 saturated carbocycles. The third-order valence-electron chi connectivity index (χ3n) is 3.14. The summed E-state index contributed by atoms with van der Waals surface area (Å²) in [5.74, 6) is 0. The summed E-state index contributed by atoms with van der Waals surface area (Å²) in [5.41, 5.74) is -0.344. The predicted octanol–water partition coefficient (Wildman–Crippen LogP) is 3.12. The van der Waals surface area contributed by atoms with E-state index < -0.39 is 0 Å². The van der Waals surface area contributed by atoms with Crippen molar-refractivity contribution in [3.63, 3.8) is 0 Å². The van der Waals surface area contributed by atoms with Crippen molar-refractivity contribution >= 4 is 0 Å². The Kier molecular flexibility index (Phi) is 8.07. The molecular formula is C13H28O2. The maximum Gasteiger partial charge on any atom is 0.0613 e. The van der Waals surface area contributed by atoms with Gasteiger partial charge in [-0.1, -0.05) is 59.3 Å². The van der Waals surface area contributed by atoms with Crippen molar-refractivity contribution in [1.29, 1.82) is 0 Å². The molecule has 1 unspecified atom stereocenters. The van der Waals surface area contributed by atoms with Gasteiger partial charge in [0.2, 0.25) is 0 Å². The Bertz CT molecular complexity index is 143. The van der Waals surface area contributed by atoms with Crippen molar-refractivity contribution in [2.24, 2.45) is 5.41 Å². The Labute approximate surface area is 94.7 Å². The summed E-state index contributed by atoms with van der Waals surface area (Å²) < 4.78 is 0. The lowest BCUT2D eigenvalue weighted by molar-refractivity contribution is 0.00143. The maximum atomic E-state index is 9.82. The van der Waals surface area contributed by atoms with E-state index in [-0.39, 0.29) is 18.1 Å². The molecule has 2 N–H and O–H groups in total. The lowest BCUT2D eigenvalue weighted by Crippen LogP contribution is -2.32. The molecule has 0 amide bonds. The first-order chi connectivity index (χ1) is 7.04. The fraction of sp³-hybridized carbons (Fsp3) is 1.00. The molecule has 2 nitrogen and oxygen atoms in total. The van der Waals surface area contributed by atoms with Crippen LogP contribution in [0.2, 0.25) is 0 Å². The fourth-order valence-corrected chi connectivity index (χ4v) is 1.61. The van der Waals surface area contributed by atoms with Crippen molar-refractivity contribution < 1.29 is 10.2 Å². The molecular weight excluding hydrogens is 188 g/mol. The van der Waals surface area contributed by atoms with Crippen molar-refractivity contribution in [2.45, 2.75) is 71.8 Å². The Morgan fingerprint density at radius 1 is 1.00 bits per heavy atom. The highest BCUT2D eigenvalue weighted by Crippen LogP contribution is 2.23. The van der Waals surface area contributed by atoms with Gasteiger partial charge in [-0.2, -0.15) is 0 Å². The fourth-order valence-electron chi connectivity index (χ4n) is 1.61. The number of rotatable bonds is 9. The molecule has 0 spiro atoms. The van der Waals surface area contributed by atoms with Gasteiger partial charge in [-0.3, -0.25) is 0 Å². The maximum absolute atomic E-state index is 9.82. The van der Waals surface area contributed by atoms with E-state index in [4.69, 9.17) is 5.11 Å². The summed E-state index contributed by atoms with van der Waals surface area (Å²) in [6.07, 6.45) is 7.93. The van der Waals surface area contributed by atoms with E-state index in [1.807, 2.05) is 13.8 Å². The molecule has 0 aromatic rings. The predicted molar refractivity (Wildman–Crippen MR) is 64.9 cm³/mol. The number of hydrogen-bond acceptors (Lipinski definition) is 2. The van der Waals surface area contributed by atoms with Crippen LogP contribution in [0.4, 0.5) is 0 Å². The van der Waals surface area contributed by atoms with Gasteiger partial charge in [-0.05, 0) is 6.42 Å². The highest BCUT2D eigenvalue weighted by Gasteiger charge is 2.26. The van der Waals surface area contributed by atoms with Crippen LogP contribution in [-0.2, 0) is 0 Å². The molecule has 2 heteroatoms. The molecule has 0 heterocycles. The Morgan fingerprint density at radius 3 is 2.07 bits per heavy atom. The molecule has 0 bridgehead atoms. The van der Waals surface area contributed by atoms with E-state index >= 15 is 0 Å². The average molecular weight is 216 g/mol. The van der Waals surface area contributed by atoms with Gasteiger partial charge in [-0.25, -0.2) is 0 Å². The summed E-state index contributed by atoms with van der Waals surface area (Å²) in [6, 6.07) is 0. The largest absolute Gasteiger partial charge is 0.396 e. The second-order valence-electron chi connectivity index (χ2n) is 5.22. The normalized spacial score (nSPS) is 14.2. The van der Waals surface area contributed by atoms with Crippen LogP contribution < -0.4 is 0 Å². The second kappa shape index (κ2) is 8.12. The van der Waals surface area contributed by atoms with Crippen molar-refractivity contribution in [3.8, 4) is 0 Å². The van der Waals surface area contributed by atoms with E-state index in [1.54, 1.807) is 0 Å². The van der Waals surface area contributed by atoms with Gasteiger partial charge in [0, 0.05) is 5.41 Å². The first kappa shape index (κ1) is 14.9. The summed E-state index contributed by atoms with van der Waals surface area (Å²) in [7, 11) is 0. The number of aliphatic hydroxyl groups excluding tert-OH is 2. The van der Waals surface area contributed by atoms with Crippen LogP contribution in [0.3, 0.4) is 0 Å². The van der Waals surface area contributed by atoms with E-state index in [0.717, 1.165) is 12.8 Å².